The lowest BCUT2D eigenvalue weighted by atomic mass is 9.48. The molecule has 2 aliphatic heterocycles. The first kappa shape index (κ1) is 23.1. The van der Waals surface area contributed by atoms with Gasteiger partial charge in [-0.05, 0) is 62.4 Å². The summed E-state index contributed by atoms with van der Waals surface area (Å²) in [6.45, 7) is 7.36. The molecule has 0 radical (unpaired) electrons. The van der Waals surface area contributed by atoms with Crippen LogP contribution in [0.3, 0.4) is 0 Å². The van der Waals surface area contributed by atoms with Gasteiger partial charge in [0.15, 0.2) is 11.5 Å². The van der Waals surface area contributed by atoms with E-state index in [1.807, 2.05) is 43.3 Å². The van der Waals surface area contributed by atoms with Crippen LogP contribution in [0.2, 0.25) is 0 Å². The highest BCUT2D eigenvalue weighted by Crippen LogP contribution is 2.65. The zero-order chi connectivity index (χ0) is 24.5. The number of phenolic OH excluding ortho intramolecular Hbond substituents is 1. The maximum absolute atomic E-state index is 13.4. The molecule has 2 fully saturated rings. The molecular weight excluding hydrogens is 508 g/mol. The number of aromatic hydroxyl groups is 1. The van der Waals surface area contributed by atoms with E-state index in [-0.39, 0.29) is 29.7 Å². The Bertz CT molecular complexity index is 1220. The highest BCUT2D eigenvalue weighted by molar-refractivity contribution is 9.10. The second-order valence-electron chi connectivity index (χ2n) is 10.5. The molecule has 35 heavy (non-hydrogen) atoms. The number of rotatable bonds is 5. The van der Waals surface area contributed by atoms with Gasteiger partial charge >= 0.3 is 0 Å². The van der Waals surface area contributed by atoms with E-state index in [1.54, 1.807) is 6.07 Å². The number of piperidine rings is 1. The number of nitrogens with zero attached hydrogens (tertiary/aromatic N) is 1. The fourth-order valence-corrected chi connectivity index (χ4v) is 8.07. The second kappa shape index (κ2) is 8.08. The number of halogens is 1. The minimum atomic E-state index is -1.000. The Hall–Kier alpha value is -2.35. The van der Waals surface area contributed by atoms with E-state index in [0.29, 0.717) is 31.4 Å². The van der Waals surface area contributed by atoms with Gasteiger partial charge in [0.25, 0.3) is 0 Å². The van der Waals surface area contributed by atoms with Crippen LogP contribution >= 0.6 is 15.9 Å². The quantitative estimate of drug-likeness (QED) is 0.504. The predicted octanol–water partition coefficient (Wildman–Crippen LogP) is 3.78. The van der Waals surface area contributed by atoms with Gasteiger partial charge in [-0.25, -0.2) is 0 Å². The summed E-state index contributed by atoms with van der Waals surface area (Å²) >= 11 is 3.57. The van der Waals surface area contributed by atoms with Crippen molar-refractivity contribution in [2.24, 2.45) is 0 Å². The molecule has 4 aliphatic rings. The molecule has 0 aromatic heterocycles. The van der Waals surface area contributed by atoms with Gasteiger partial charge in [0.1, 0.15) is 6.10 Å². The van der Waals surface area contributed by atoms with Crippen LogP contribution in [0.4, 0.5) is 0 Å². The van der Waals surface area contributed by atoms with Gasteiger partial charge in [0.05, 0.1) is 23.0 Å². The van der Waals surface area contributed by atoms with E-state index in [1.165, 1.54) is 0 Å². The molecular formula is C28H31BrN2O4. The summed E-state index contributed by atoms with van der Waals surface area (Å²) in [4.78, 5) is 15.8. The Balaban J connectivity index is 1.39. The molecule has 3 unspecified atom stereocenters. The van der Waals surface area contributed by atoms with Crippen molar-refractivity contribution < 1.29 is 19.7 Å². The first-order chi connectivity index (χ1) is 16.8. The first-order valence-electron chi connectivity index (χ1n) is 12.5. The molecule has 6 rings (SSSR count). The van der Waals surface area contributed by atoms with Gasteiger partial charge in [-0.3, -0.25) is 9.69 Å². The lowest BCUT2D eigenvalue weighted by Crippen LogP contribution is -2.78. The summed E-state index contributed by atoms with van der Waals surface area (Å²) in [5.41, 5.74) is 1.35. The Morgan fingerprint density at radius 2 is 2.14 bits per heavy atom. The van der Waals surface area contributed by atoms with Crippen LogP contribution in [-0.2, 0) is 16.6 Å². The van der Waals surface area contributed by atoms with Crippen molar-refractivity contribution in [2.45, 2.75) is 67.7 Å². The Morgan fingerprint density at radius 3 is 2.91 bits per heavy atom. The summed E-state index contributed by atoms with van der Waals surface area (Å²) in [5.74, 6) is 0.185. The lowest BCUT2D eigenvalue weighted by Gasteiger charge is -2.64. The molecule has 1 saturated heterocycles. The monoisotopic (exact) mass is 538 g/mol. The van der Waals surface area contributed by atoms with E-state index in [2.05, 4.69) is 32.7 Å². The van der Waals surface area contributed by atoms with Crippen molar-refractivity contribution in [3.63, 3.8) is 0 Å². The summed E-state index contributed by atoms with van der Waals surface area (Å²) in [6, 6.07) is 11.1. The third-order valence-corrected chi connectivity index (χ3v) is 9.75. The van der Waals surface area contributed by atoms with Gasteiger partial charge < -0.3 is 20.3 Å². The highest BCUT2D eigenvalue weighted by Gasteiger charge is 2.73. The molecule has 1 saturated carbocycles. The molecule has 1 spiro atoms. The van der Waals surface area contributed by atoms with Crippen molar-refractivity contribution in [3.8, 4) is 11.5 Å². The molecule has 7 heteroatoms. The zero-order valence-electron chi connectivity index (χ0n) is 19.8. The minimum Gasteiger partial charge on any atom is -0.504 e. The number of phenols is 1. The van der Waals surface area contributed by atoms with Crippen molar-refractivity contribution in [1.29, 1.82) is 0 Å². The smallest absolute Gasteiger partial charge is 0.227 e. The molecule has 2 aromatic carbocycles. The van der Waals surface area contributed by atoms with Crippen molar-refractivity contribution in [1.82, 2.24) is 10.2 Å². The van der Waals surface area contributed by atoms with Crippen molar-refractivity contribution in [2.75, 3.05) is 13.1 Å². The summed E-state index contributed by atoms with van der Waals surface area (Å²) in [5, 5.41) is 26.4. The number of hydrogen-bond donors (Lipinski definition) is 3. The Kier molecular flexibility index (Phi) is 5.33. The molecule has 2 aliphatic carbocycles. The van der Waals surface area contributed by atoms with Gasteiger partial charge in [-0.1, -0.05) is 46.3 Å². The predicted molar refractivity (Wildman–Crippen MR) is 137 cm³/mol. The van der Waals surface area contributed by atoms with E-state index in [0.717, 1.165) is 34.3 Å². The van der Waals surface area contributed by atoms with Gasteiger partial charge in [-0.15, -0.1) is 6.58 Å². The van der Waals surface area contributed by atoms with Crippen LogP contribution in [0.1, 0.15) is 48.8 Å². The third-order valence-electron chi connectivity index (χ3n) is 9.03. The van der Waals surface area contributed by atoms with Crippen LogP contribution in [0.15, 0.2) is 53.5 Å². The van der Waals surface area contributed by atoms with Crippen LogP contribution in [0, 0.1) is 0 Å². The number of likely N-dealkylation sites (tertiary alicyclic amines) is 1. The lowest BCUT2D eigenvalue weighted by molar-refractivity contribution is -0.190. The van der Waals surface area contributed by atoms with Crippen molar-refractivity contribution >= 4 is 21.8 Å². The molecule has 6 nitrogen and oxygen atoms in total. The minimum absolute atomic E-state index is 0.0563. The average molecular weight is 539 g/mol. The summed E-state index contributed by atoms with van der Waals surface area (Å²) in [6.07, 6.45) is 4.05. The molecule has 2 heterocycles. The van der Waals surface area contributed by atoms with Gasteiger partial charge in [-0.2, -0.15) is 0 Å². The fraction of sp³-hybridized carbons (Fsp3) is 0.464. The number of carbonyl (C=O) groups is 1. The second-order valence-corrected chi connectivity index (χ2v) is 11.4. The molecule has 6 atom stereocenters. The average Bonchev–Trinajstić information content (AvgIpc) is 3.20. The maximum Gasteiger partial charge on any atom is 0.227 e. The van der Waals surface area contributed by atoms with Crippen LogP contribution in [0.25, 0.3) is 0 Å². The van der Waals surface area contributed by atoms with Crippen LogP contribution < -0.4 is 10.1 Å². The number of carbonyl (C=O) groups excluding carboxylic acids is 1. The first-order valence-corrected chi connectivity index (χ1v) is 13.2. The topological polar surface area (TPSA) is 82.0 Å². The summed E-state index contributed by atoms with van der Waals surface area (Å²) in [7, 11) is 0. The van der Waals surface area contributed by atoms with E-state index >= 15 is 0 Å². The largest absolute Gasteiger partial charge is 0.504 e. The Labute approximate surface area is 214 Å². The van der Waals surface area contributed by atoms with E-state index in [9.17, 15) is 15.0 Å². The normalized spacial score (nSPS) is 33.4. The van der Waals surface area contributed by atoms with Crippen LogP contribution in [0.5, 0.6) is 11.5 Å². The summed E-state index contributed by atoms with van der Waals surface area (Å²) < 4.78 is 7.43. The van der Waals surface area contributed by atoms with Gasteiger partial charge in [0, 0.05) is 22.6 Å². The van der Waals surface area contributed by atoms with Crippen LogP contribution in [-0.4, -0.2) is 57.9 Å². The third kappa shape index (κ3) is 3.04. The maximum atomic E-state index is 13.4. The zero-order valence-corrected chi connectivity index (χ0v) is 21.4. The standard InChI is InChI=1S/C28H31BrN2O4/c1-3-13-31-14-12-27-23-17-8-9-21(32)24(23)35-25(27)20(10-11-28(27,34)22(31)15-17)30-26(33)16(2)18-6-4-5-7-19(18)29/h3-9,16,20,22,25,32,34H,1,10-15H2,2H3,(H,30,33)/t16?,20?,22-,25?,27+,28-/m1/s1. The number of hydrogen-bond acceptors (Lipinski definition) is 5. The highest BCUT2D eigenvalue weighted by atomic mass is 79.9. The van der Waals surface area contributed by atoms with Gasteiger partial charge in [0.2, 0.25) is 5.91 Å². The number of ether oxygens (including phenoxy) is 1. The fourth-order valence-electron chi connectivity index (χ4n) is 7.44. The Morgan fingerprint density at radius 1 is 1.34 bits per heavy atom. The molecule has 1 amide bonds. The number of aliphatic hydroxyl groups is 1. The number of nitrogens with one attached hydrogen (secondary N) is 1. The van der Waals surface area contributed by atoms with Crippen molar-refractivity contribution in [3.05, 3.63) is 70.2 Å². The molecule has 2 aromatic rings. The number of amides is 1. The molecule has 184 valence electrons. The molecule has 3 N–H and O–H groups in total. The number of benzene rings is 2. The van der Waals surface area contributed by atoms with E-state index in [4.69, 9.17) is 4.74 Å². The SMILES string of the molecule is C=CCN1CC[C@]23c4c5ccc(O)c4OC2C(NC(=O)C(C)c2ccccc2Br)CC[C@@]3(O)[C@H]1C5. The molecule has 2 bridgehead atoms. The van der Waals surface area contributed by atoms with E-state index < -0.39 is 17.1 Å².